The summed E-state index contributed by atoms with van der Waals surface area (Å²) in [6.45, 7) is 1.26. The molecule has 3 N–H and O–H groups in total. The maximum Gasteiger partial charge on any atom is 0.315 e. The number of hydrogen-bond acceptors (Lipinski definition) is 8. The minimum atomic E-state index is -0.471. The second-order valence-corrected chi connectivity index (χ2v) is 3.54. The molecule has 0 aliphatic heterocycles. The van der Waals surface area contributed by atoms with E-state index in [1.807, 2.05) is 0 Å². The number of carbonyl (C=O) groups excluding carboxylic acids is 1. The van der Waals surface area contributed by atoms with Crippen LogP contribution >= 0.6 is 12.0 Å². The summed E-state index contributed by atoms with van der Waals surface area (Å²) in [6.07, 6.45) is 0. The van der Waals surface area contributed by atoms with Gasteiger partial charge in [0.05, 0.1) is 33.6 Å². The number of rotatable bonds is 6. The molecule has 9 heteroatoms. The van der Waals surface area contributed by atoms with Crippen LogP contribution in [0.2, 0.25) is 0 Å². The van der Waals surface area contributed by atoms with Crippen molar-refractivity contribution in [2.45, 2.75) is 11.8 Å². The summed E-state index contributed by atoms with van der Waals surface area (Å²) in [5.74, 6) is -0.471. The highest BCUT2D eigenvalue weighted by Crippen LogP contribution is 2.30. The van der Waals surface area contributed by atoms with Gasteiger partial charge >= 0.3 is 5.97 Å². The van der Waals surface area contributed by atoms with Crippen LogP contribution < -0.4 is 10.9 Å². The molecule has 8 nitrogen and oxygen atoms in total. The van der Waals surface area contributed by atoms with Gasteiger partial charge in [-0.3, -0.25) is 4.79 Å². The Morgan fingerprint density at radius 2 is 2.29 bits per heavy atom. The van der Waals surface area contributed by atoms with E-state index < -0.39 is 5.97 Å². The molecule has 0 saturated heterocycles. The van der Waals surface area contributed by atoms with Gasteiger partial charge in [-0.25, -0.2) is 16.2 Å². The van der Waals surface area contributed by atoms with Gasteiger partial charge in [-0.15, -0.1) is 9.90 Å². The average molecular weight is 259 g/mol. The minimum Gasteiger partial charge on any atom is -0.386 e. The Bertz CT molecular complexity index is 414. The summed E-state index contributed by atoms with van der Waals surface area (Å²) in [5, 5.41) is 10.7. The van der Waals surface area contributed by atoms with E-state index in [4.69, 9.17) is 9.44 Å². The third-order valence-corrected chi connectivity index (χ3v) is 2.41. The molecule has 92 valence electrons. The lowest BCUT2D eigenvalue weighted by atomic mass is 10.3. The fourth-order valence-electron chi connectivity index (χ4n) is 0.959. The van der Waals surface area contributed by atoms with Crippen LogP contribution in [-0.4, -0.2) is 11.2 Å². The number of nitrogens with zero attached hydrogens (tertiary/aromatic N) is 1. The molecular weight excluding hydrogens is 250 g/mol. The van der Waals surface area contributed by atoms with Gasteiger partial charge in [0.2, 0.25) is 0 Å². The Morgan fingerprint density at radius 3 is 2.88 bits per heavy atom. The Morgan fingerprint density at radius 1 is 1.53 bits per heavy atom. The first kappa shape index (κ1) is 13.2. The fraction of sp³-hybridized carbons (Fsp3) is 0.125. The zero-order chi connectivity index (χ0) is 12.7. The van der Waals surface area contributed by atoms with Crippen LogP contribution in [0.5, 0.6) is 0 Å². The molecule has 0 aliphatic rings. The van der Waals surface area contributed by atoms with E-state index in [1.165, 1.54) is 19.1 Å². The third kappa shape index (κ3) is 4.26. The molecule has 1 aromatic rings. The summed E-state index contributed by atoms with van der Waals surface area (Å²) in [7, 11) is 0. The molecule has 17 heavy (non-hydrogen) atoms. The minimum absolute atomic E-state index is 0.299. The molecule has 0 unspecified atom stereocenters. The van der Waals surface area contributed by atoms with Crippen molar-refractivity contribution in [2.24, 2.45) is 5.29 Å². The second-order valence-electron chi connectivity index (χ2n) is 2.77. The van der Waals surface area contributed by atoms with Crippen LogP contribution in [0.25, 0.3) is 0 Å². The fourth-order valence-corrected chi connectivity index (χ4v) is 1.48. The van der Waals surface area contributed by atoms with E-state index in [1.54, 1.807) is 6.07 Å². The molecule has 0 atom stereocenters. The van der Waals surface area contributed by atoms with Crippen molar-refractivity contribution in [3.63, 3.8) is 0 Å². The number of anilines is 2. The Kier molecular flexibility index (Phi) is 5.20. The normalized spacial score (nSPS) is 9.53. The number of nitrogens with one attached hydrogen (secondary N) is 2. The van der Waals surface area contributed by atoms with E-state index in [0.29, 0.717) is 16.3 Å². The summed E-state index contributed by atoms with van der Waals surface area (Å²) < 4.78 is 4.71. The largest absolute Gasteiger partial charge is 0.386 e. The van der Waals surface area contributed by atoms with Crippen molar-refractivity contribution in [1.82, 2.24) is 0 Å². The zero-order valence-electron chi connectivity index (χ0n) is 8.67. The van der Waals surface area contributed by atoms with Gasteiger partial charge in [-0.05, 0) is 18.2 Å². The lowest BCUT2D eigenvalue weighted by molar-refractivity contribution is -0.215. The van der Waals surface area contributed by atoms with Crippen LogP contribution in [0, 0.1) is 4.91 Å². The second kappa shape index (κ2) is 6.68. The monoisotopic (exact) mass is 259 g/mol. The molecule has 1 aromatic carbocycles. The van der Waals surface area contributed by atoms with Crippen molar-refractivity contribution >= 4 is 29.4 Å². The van der Waals surface area contributed by atoms with Gasteiger partial charge in [0.1, 0.15) is 0 Å². The van der Waals surface area contributed by atoms with Gasteiger partial charge in [-0.2, -0.15) is 0 Å². The molecule has 0 bridgehead atoms. The van der Waals surface area contributed by atoms with Crippen molar-refractivity contribution in [3.8, 4) is 0 Å². The van der Waals surface area contributed by atoms with E-state index in [9.17, 15) is 9.70 Å². The van der Waals surface area contributed by atoms with Gasteiger partial charge in [-0.1, -0.05) is 0 Å². The summed E-state index contributed by atoms with van der Waals surface area (Å²) >= 11 is 0.780. The quantitative estimate of drug-likeness (QED) is 0.308. The highest BCUT2D eigenvalue weighted by molar-refractivity contribution is 7.95. The highest BCUT2D eigenvalue weighted by Gasteiger charge is 2.07. The van der Waals surface area contributed by atoms with Crippen LogP contribution in [0.1, 0.15) is 6.92 Å². The maximum absolute atomic E-state index is 10.6. The van der Waals surface area contributed by atoms with Crippen LogP contribution in [0.15, 0.2) is 28.4 Å². The molecule has 0 amide bonds. The molecule has 0 fully saturated rings. The first-order valence-corrected chi connectivity index (χ1v) is 5.05. The van der Waals surface area contributed by atoms with Crippen molar-refractivity contribution in [1.29, 1.82) is 0 Å². The Balaban J connectivity index is 2.86. The number of carbonyl (C=O) groups is 1. The number of benzene rings is 1. The van der Waals surface area contributed by atoms with Gasteiger partial charge in [0.15, 0.2) is 0 Å². The predicted molar refractivity (Wildman–Crippen MR) is 60.8 cm³/mol. The first-order chi connectivity index (χ1) is 8.17. The van der Waals surface area contributed by atoms with Gasteiger partial charge < -0.3 is 4.18 Å². The summed E-state index contributed by atoms with van der Waals surface area (Å²) in [4.78, 5) is 25.0. The molecule has 0 radical (unpaired) electrons. The van der Waals surface area contributed by atoms with Crippen molar-refractivity contribution < 1.29 is 19.2 Å². The van der Waals surface area contributed by atoms with Crippen LogP contribution in [-0.2, 0) is 14.0 Å². The average Bonchev–Trinajstić information content (AvgIpc) is 2.28. The summed E-state index contributed by atoms with van der Waals surface area (Å²) in [6, 6.07) is 4.52. The number of nitroso groups, excluding NO2 is 1. The van der Waals surface area contributed by atoms with Crippen molar-refractivity contribution in [2.75, 3.05) is 10.9 Å². The lowest BCUT2D eigenvalue weighted by Gasteiger charge is -2.08. The van der Waals surface area contributed by atoms with Gasteiger partial charge in [0.25, 0.3) is 0 Å². The van der Waals surface area contributed by atoms with E-state index >= 15 is 0 Å². The molecule has 0 spiro atoms. The predicted octanol–water partition coefficient (Wildman–Crippen LogP) is 2.17. The Hall–Kier alpha value is -1.84. The standard InChI is InChI=1S/C8H9N3O5S/c1-5(12)15-17-8-3-2-6(10-16-14)4-7(8)9-11-13/h2-4,10,14H,1H3,(H,9,13). The highest BCUT2D eigenvalue weighted by atomic mass is 32.2. The molecule has 0 aliphatic carbocycles. The van der Waals surface area contributed by atoms with Crippen molar-refractivity contribution in [3.05, 3.63) is 23.1 Å². The third-order valence-electron chi connectivity index (χ3n) is 1.56. The molecule has 0 heterocycles. The molecule has 0 aromatic heterocycles. The first-order valence-electron chi connectivity index (χ1n) is 4.31. The Labute approximate surface area is 100 Å². The lowest BCUT2D eigenvalue weighted by Crippen LogP contribution is -1.98. The molecule has 0 saturated carbocycles. The maximum atomic E-state index is 10.6. The van der Waals surface area contributed by atoms with E-state index in [-0.39, 0.29) is 0 Å². The SMILES string of the molecule is CC(=O)OSc1ccc(NOO)cc1NN=O. The zero-order valence-corrected chi connectivity index (χ0v) is 9.48. The van der Waals surface area contributed by atoms with E-state index in [2.05, 4.69) is 21.2 Å². The van der Waals surface area contributed by atoms with E-state index in [0.717, 1.165) is 12.0 Å². The van der Waals surface area contributed by atoms with Gasteiger partial charge in [0, 0.05) is 6.92 Å². The van der Waals surface area contributed by atoms with Crippen LogP contribution in [0.4, 0.5) is 11.4 Å². The topological polar surface area (TPSA) is 109 Å². The molecular formula is C8H9N3O5S. The smallest absolute Gasteiger partial charge is 0.315 e. The summed E-state index contributed by atoms with van der Waals surface area (Å²) in [5.41, 5.74) is 5.01. The van der Waals surface area contributed by atoms with Crippen LogP contribution in [0.3, 0.4) is 0 Å². The number of hydrogen-bond donors (Lipinski definition) is 3. The molecule has 1 rings (SSSR count).